The molecule has 0 N–H and O–H groups in total. The van der Waals surface area contributed by atoms with Crippen molar-refractivity contribution in [2.24, 2.45) is 13.0 Å². The van der Waals surface area contributed by atoms with Crippen LogP contribution in [0.15, 0.2) is 35.3 Å². The first kappa shape index (κ1) is 23.7. The number of likely N-dealkylation sites (tertiary alicyclic amines) is 1. The number of nitrogens with zero attached hydrogens (tertiary/aromatic N) is 4. The number of piperidine rings is 1. The van der Waals surface area contributed by atoms with Gasteiger partial charge in [0.05, 0.1) is 11.0 Å². The van der Waals surface area contributed by atoms with Gasteiger partial charge in [0.1, 0.15) is 17.7 Å². The highest BCUT2D eigenvalue weighted by molar-refractivity contribution is 5.87. The van der Waals surface area contributed by atoms with Gasteiger partial charge in [-0.3, -0.25) is 9.59 Å². The minimum atomic E-state index is -0.538. The molecule has 34 heavy (non-hydrogen) atoms. The fraction of sp³-hybridized carbons (Fsp3) is 0.462. The fourth-order valence-electron chi connectivity index (χ4n) is 4.58. The van der Waals surface area contributed by atoms with Gasteiger partial charge in [-0.05, 0) is 70.7 Å². The van der Waals surface area contributed by atoms with E-state index in [1.165, 1.54) is 0 Å². The van der Waals surface area contributed by atoms with Crippen molar-refractivity contribution in [2.75, 3.05) is 13.1 Å². The van der Waals surface area contributed by atoms with E-state index in [-0.39, 0.29) is 17.6 Å². The highest BCUT2D eigenvalue weighted by Gasteiger charge is 2.29. The second-order valence-electron chi connectivity index (χ2n) is 10.2. The number of ether oxygens (including phenoxy) is 1. The first-order valence-corrected chi connectivity index (χ1v) is 11.7. The van der Waals surface area contributed by atoms with Crippen molar-refractivity contribution in [3.05, 3.63) is 51.9 Å². The van der Waals surface area contributed by atoms with Gasteiger partial charge in [-0.1, -0.05) is 0 Å². The molecule has 1 saturated heterocycles. The Bertz CT molecular complexity index is 1270. The predicted molar refractivity (Wildman–Crippen MR) is 131 cm³/mol. The molecule has 0 aliphatic carbocycles. The van der Waals surface area contributed by atoms with Crippen LogP contribution < -0.4 is 5.56 Å². The van der Waals surface area contributed by atoms with Gasteiger partial charge in [0, 0.05) is 49.6 Å². The quantitative estimate of drug-likeness (QED) is 0.541. The molecule has 8 nitrogen and oxygen atoms in total. The van der Waals surface area contributed by atoms with E-state index in [9.17, 15) is 14.4 Å². The summed E-state index contributed by atoms with van der Waals surface area (Å²) >= 11 is 0. The lowest BCUT2D eigenvalue weighted by atomic mass is 9.98. The summed E-state index contributed by atoms with van der Waals surface area (Å²) in [6.07, 6.45) is 4.20. The first-order valence-electron chi connectivity index (χ1n) is 11.7. The van der Waals surface area contributed by atoms with Crippen LogP contribution in [0.25, 0.3) is 22.4 Å². The summed E-state index contributed by atoms with van der Waals surface area (Å²) in [4.78, 5) is 43.0. The average Bonchev–Trinajstić information content (AvgIpc) is 3.13. The van der Waals surface area contributed by atoms with Gasteiger partial charge in [0.15, 0.2) is 0 Å². The number of aryl methyl sites for hydroxylation is 2. The van der Waals surface area contributed by atoms with Gasteiger partial charge in [0.2, 0.25) is 0 Å². The summed E-state index contributed by atoms with van der Waals surface area (Å²) in [5.74, 6) is 0.942. The number of rotatable bonds is 4. The third kappa shape index (κ3) is 4.90. The number of benzene rings is 1. The number of hydrogen-bond acceptors (Lipinski definition) is 5. The summed E-state index contributed by atoms with van der Waals surface area (Å²) in [7, 11) is 1.73. The largest absolute Gasteiger partial charge is 0.444 e. The van der Waals surface area contributed by atoms with E-state index in [0.717, 1.165) is 41.5 Å². The van der Waals surface area contributed by atoms with E-state index in [4.69, 9.17) is 9.72 Å². The molecule has 180 valence electrons. The maximum Gasteiger partial charge on any atom is 0.410 e. The molecule has 2 aromatic heterocycles. The molecule has 0 saturated carbocycles. The van der Waals surface area contributed by atoms with Gasteiger partial charge >= 0.3 is 6.09 Å². The maximum absolute atomic E-state index is 12.7. The topological polar surface area (TPSA) is 86.4 Å². The molecule has 1 aliphatic heterocycles. The minimum absolute atomic E-state index is 0.0464. The van der Waals surface area contributed by atoms with Crippen LogP contribution in [0.2, 0.25) is 0 Å². The van der Waals surface area contributed by atoms with Crippen molar-refractivity contribution < 1.29 is 14.3 Å². The molecule has 0 unspecified atom stereocenters. The minimum Gasteiger partial charge on any atom is -0.444 e. The maximum atomic E-state index is 12.7. The van der Waals surface area contributed by atoms with Crippen molar-refractivity contribution in [1.82, 2.24) is 19.0 Å². The number of fused-ring (bicyclic) bond motifs is 1. The molecule has 0 bridgehead atoms. The number of aldehydes is 1. The number of carbonyl (C=O) groups is 2. The average molecular weight is 465 g/mol. The number of pyridine rings is 1. The Labute approximate surface area is 199 Å². The molecule has 0 radical (unpaired) electrons. The molecule has 1 aliphatic rings. The molecule has 1 amide bonds. The third-order valence-corrected chi connectivity index (χ3v) is 6.14. The van der Waals surface area contributed by atoms with Crippen molar-refractivity contribution in [1.29, 1.82) is 0 Å². The monoisotopic (exact) mass is 464 g/mol. The van der Waals surface area contributed by atoms with Gasteiger partial charge < -0.3 is 18.8 Å². The van der Waals surface area contributed by atoms with Crippen LogP contribution in [0.1, 0.15) is 49.5 Å². The van der Waals surface area contributed by atoms with E-state index in [1.807, 2.05) is 39.0 Å². The molecule has 0 spiro atoms. The number of aromatic nitrogens is 3. The van der Waals surface area contributed by atoms with E-state index < -0.39 is 5.60 Å². The molecular formula is C26H32N4O4. The smallest absolute Gasteiger partial charge is 0.410 e. The van der Waals surface area contributed by atoms with Crippen LogP contribution in [0, 0.1) is 12.8 Å². The lowest BCUT2D eigenvalue weighted by Gasteiger charge is -2.34. The number of hydrogen-bond donors (Lipinski definition) is 0. The van der Waals surface area contributed by atoms with E-state index in [0.29, 0.717) is 30.8 Å². The van der Waals surface area contributed by atoms with Crippen LogP contribution >= 0.6 is 0 Å². The van der Waals surface area contributed by atoms with Crippen LogP contribution in [0.4, 0.5) is 4.79 Å². The van der Waals surface area contributed by atoms with Crippen LogP contribution in [0.5, 0.6) is 0 Å². The second-order valence-corrected chi connectivity index (χ2v) is 10.2. The van der Waals surface area contributed by atoms with Crippen molar-refractivity contribution in [3.8, 4) is 11.4 Å². The Morgan fingerprint density at radius 3 is 2.71 bits per heavy atom. The molecule has 8 heteroatoms. The van der Waals surface area contributed by atoms with Crippen molar-refractivity contribution in [2.45, 2.75) is 52.7 Å². The van der Waals surface area contributed by atoms with Crippen LogP contribution in [-0.4, -0.2) is 50.1 Å². The zero-order valence-corrected chi connectivity index (χ0v) is 20.5. The summed E-state index contributed by atoms with van der Waals surface area (Å²) in [5.41, 5.74) is 3.12. The third-order valence-electron chi connectivity index (χ3n) is 6.14. The molecule has 4 rings (SSSR count). The Morgan fingerprint density at radius 1 is 1.26 bits per heavy atom. The molecular weight excluding hydrogens is 432 g/mol. The molecule has 1 fully saturated rings. The van der Waals surface area contributed by atoms with Gasteiger partial charge in [-0.2, -0.15) is 0 Å². The Balaban J connectivity index is 1.72. The SMILES string of the molecule is Cc1cc(-c2nc3ccc(C=O)cc3n2C[C@@H]2CCCN(C(=O)OC(C)(C)C)C2)cn(C)c1=O. The summed E-state index contributed by atoms with van der Waals surface area (Å²) in [5, 5.41) is 0. The lowest BCUT2D eigenvalue weighted by Crippen LogP contribution is -2.43. The van der Waals surface area contributed by atoms with Crippen LogP contribution in [-0.2, 0) is 18.3 Å². The van der Waals surface area contributed by atoms with Crippen LogP contribution in [0.3, 0.4) is 0 Å². The summed E-state index contributed by atoms with van der Waals surface area (Å²) in [6, 6.07) is 7.31. The Morgan fingerprint density at radius 2 is 2.03 bits per heavy atom. The molecule has 1 atom stereocenters. The molecule has 1 aromatic carbocycles. The number of carbonyl (C=O) groups excluding carboxylic acids is 2. The molecule has 3 heterocycles. The number of imidazole rings is 1. The van der Waals surface area contributed by atoms with Crippen molar-refractivity contribution >= 4 is 23.4 Å². The molecule has 3 aromatic rings. The first-order chi connectivity index (χ1) is 16.1. The van der Waals surface area contributed by atoms with E-state index in [2.05, 4.69) is 4.57 Å². The van der Waals surface area contributed by atoms with Gasteiger partial charge in [0.25, 0.3) is 5.56 Å². The van der Waals surface area contributed by atoms with Gasteiger partial charge in [-0.15, -0.1) is 0 Å². The predicted octanol–water partition coefficient (Wildman–Crippen LogP) is 4.17. The van der Waals surface area contributed by atoms with E-state index in [1.54, 1.807) is 35.7 Å². The highest BCUT2D eigenvalue weighted by atomic mass is 16.6. The Kier molecular flexibility index (Phi) is 6.34. The number of amides is 1. The fourth-order valence-corrected chi connectivity index (χ4v) is 4.58. The second kappa shape index (κ2) is 9.08. The normalized spacial score (nSPS) is 16.6. The standard InChI is InChI=1S/C26H32N4O4/c1-17-11-20(15-28(5)24(17)32)23-27-21-9-8-18(16-31)12-22(21)30(23)14-19-7-6-10-29(13-19)25(33)34-26(2,3)4/h8-9,11-12,15-16,19H,6-7,10,13-14H2,1-5H3/t19-/m1/s1. The van der Waals surface area contributed by atoms with Gasteiger partial charge in [-0.25, -0.2) is 9.78 Å². The van der Waals surface area contributed by atoms with Crippen molar-refractivity contribution in [3.63, 3.8) is 0 Å². The zero-order chi connectivity index (χ0) is 24.6. The van der Waals surface area contributed by atoms with E-state index >= 15 is 0 Å². The lowest BCUT2D eigenvalue weighted by molar-refractivity contribution is 0.0158. The zero-order valence-electron chi connectivity index (χ0n) is 20.5. The Hall–Kier alpha value is -3.42. The summed E-state index contributed by atoms with van der Waals surface area (Å²) < 4.78 is 9.27. The highest BCUT2D eigenvalue weighted by Crippen LogP contribution is 2.29. The summed E-state index contributed by atoms with van der Waals surface area (Å²) in [6.45, 7) is 9.31.